The second kappa shape index (κ2) is 4.78. The lowest BCUT2D eigenvalue weighted by molar-refractivity contribution is -0.107. The smallest absolute Gasteiger partial charge is 0.138 e. The molecule has 0 radical (unpaired) electrons. The zero-order valence-corrected chi connectivity index (χ0v) is 8.58. The number of rotatable bonds is 3. The van der Waals surface area contributed by atoms with Crippen LogP contribution in [0.2, 0.25) is 0 Å². The summed E-state index contributed by atoms with van der Waals surface area (Å²) in [5.41, 5.74) is 2.60. The summed E-state index contributed by atoms with van der Waals surface area (Å²) in [5, 5.41) is 8.18. The summed E-state index contributed by atoms with van der Waals surface area (Å²) in [7, 11) is 0. The first-order valence-electron chi connectivity index (χ1n) is 4.26. The van der Waals surface area contributed by atoms with E-state index in [1.54, 1.807) is 12.1 Å². The highest BCUT2D eigenvalue weighted by Gasteiger charge is 2.07. The van der Waals surface area contributed by atoms with Gasteiger partial charge in [-0.3, -0.25) is 0 Å². The second-order valence-electron chi connectivity index (χ2n) is 3.11. The fourth-order valence-corrected chi connectivity index (χ4v) is 1.39. The minimum absolute atomic E-state index is 0.479. The van der Waals surface area contributed by atoms with E-state index in [1.807, 2.05) is 13.0 Å². The standard InChI is InChI=1S/C11H10ClNO/c1-8-2-3-9(6-13)4-10(8)5-11(12)7-14/h2-4,7,11H,5H2,1H3. The molecule has 2 nitrogen and oxygen atoms in total. The average Bonchev–Trinajstić information content (AvgIpc) is 2.21. The zero-order chi connectivity index (χ0) is 10.6. The van der Waals surface area contributed by atoms with E-state index in [2.05, 4.69) is 6.07 Å². The van der Waals surface area contributed by atoms with Crippen molar-refractivity contribution in [3.63, 3.8) is 0 Å². The van der Waals surface area contributed by atoms with Crippen LogP contribution in [0.25, 0.3) is 0 Å². The van der Waals surface area contributed by atoms with Gasteiger partial charge < -0.3 is 4.79 Å². The highest BCUT2D eigenvalue weighted by Crippen LogP contribution is 2.14. The molecule has 0 aliphatic heterocycles. The molecule has 0 fully saturated rings. The Labute approximate surface area is 88.1 Å². The number of carbonyl (C=O) groups excluding carboxylic acids is 1. The van der Waals surface area contributed by atoms with E-state index in [9.17, 15) is 4.79 Å². The number of nitriles is 1. The molecular weight excluding hydrogens is 198 g/mol. The van der Waals surface area contributed by atoms with Crippen LogP contribution >= 0.6 is 11.6 Å². The Morgan fingerprint density at radius 3 is 2.93 bits per heavy atom. The van der Waals surface area contributed by atoms with E-state index in [0.717, 1.165) is 11.1 Å². The minimum Gasteiger partial charge on any atom is -0.302 e. The molecule has 1 atom stereocenters. The van der Waals surface area contributed by atoms with E-state index in [1.165, 1.54) is 0 Å². The van der Waals surface area contributed by atoms with Crippen LogP contribution < -0.4 is 0 Å². The van der Waals surface area contributed by atoms with Gasteiger partial charge in [-0.1, -0.05) is 6.07 Å². The summed E-state index contributed by atoms with van der Waals surface area (Å²) in [6.07, 6.45) is 1.19. The van der Waals surface area contributed by atoms with Crippen molar-refractivity contribution in [2.24, 2.45) is 0 Å². The molecule has 0 spiro atoms. The molecule has 0 N–H and O–H groups in total. The Bertz CT molecular complexity index is 381. The highest BCUT2D eigenvalue weighted by molar-refractivity contribution is 6.27. The Morgan fingerprint density at radius 1 is 1.64 bits per heavy atom. The molecule has 72 valence electrons. The number of aldehydes is 1. The number of benzene rings is 1. The van der Waals surface area contributed by atoms with Crippen molar-refractivity contribution in [3.05, 3.63) is 34.9 Å². The van der Waals surface area contributed by atoms with E-state index >= 15 is 0 Å². The van der Waals surface area contributed by atoms with Gasteiger partial charge in [0.2, 0.25) is 0 Å². The van der Waals surface area contributed by atoms with Gasteiger partial charge in [-0.05, 0) is 36.6 Å². The monoisotopic (exact) mass is 207 g/mol. The van der Waals surface area contributed by atoms with Crippen molar-refractivity contribution in [2.45, 2.75) is 18.7 Å². The molecule has 14 heavy (non-hydrogen) atoms. The number of nitrogens with zero attached hydrogens (tertiary/aromatic N) is 1. The van der Waals surface area contributed by atoms with E-state index in [4.69, 9.17) is 16.9 Å². The highest BCUT2D eigenvalue weighted by atomic mass is 35.5. The van der Waals surface area contributed by atoms with Crippen LogP contribution in [-0.2, 0) is 11.2 Å². The fourth-order valence-electron chi connectivity index (χ4n) is 1.22. The Hall–Kier alpha value is -1.33. The van der Waals surface area contributed by atoms with Gasteiger partial charge in [0.1, 0.15) is 6.29 Å². The molecule has 1 rings (SSSR count). The molecular formula is C11H10ClNO. The molecule has 0 aliphatic carbocycles. The lowest BCUT2D eigenvalue weighted by Crippen LogP contribution is -2.05. The fraction of sp³-hybridized carbons (Fsp3) is 0.273. The zero-order valence-electron chi connectivity index (χ0n) is 7.83. The average molecular weight is 208 g/mol. The van der Waals surface area contributed by atoms with Gasteiger partial charge in [-0.15, -0.1) is 11.6 Å². The van der Waals surface area contributed by atoms with Crippen molar-refractivity contribution in [3.8, 4) is 6.07 Å². The Kier molecular flexibility index (Phi) is 3.67. The van der Waals surface area contributed by atoms with Gasteiger partial charge in [0.05, 0.1) is 17.0 Å². The normalized spacial score (nSPS) is 11.8. The molecule has 0 amide bonds. The van der Waals surface area contributed by atoms with Gasteiger partial charge in [-0.25, -0.2) is 0 Å². The predicted octanol–water partition coefficient (Wildman–Crippen LogP) is 2.22. The molecule has 0 saturated carbocycles. The van der Waals surface area contributed by atoms with Crippen LogP contribution in [0.1, 0.15) is 16.7 Å². The number of hydrogen-bond donors (Lipinski definition) is 0. The number of halogens is 1. The van der Waals surface area contributed by atoms with Crippen LogP contribution in [0, 0.1) is 18.3 Å². The maximum absolute atomic E-state index is 10.4. The molecule has 1 unspecified atom stereocenters. The Balaban J connectivity index is 2.96. The molecule has 1 aromatic rings. The minimum atomic E-state index is -0.511. The van der Waals surface area contributed by atoms with Crippen LogP contribution in [0.3, 0.4) is 0 Å². The van der Waals surface area contributed by atoms with Gasteiger partial charge >= 0.3 is 0 Å². The first kappa shape index (κ1) is 10.7. The number of alkyl halides is 1. The lowest BCUT2D eigenvalue weighted by atomic mass is 10.0. The third-order valence-corrected chi connectivity index (χ3v) is 2.30. The molecule has 0 aliphatic rings. The molecule has 3 heteroatoms. The molecule has 1 aromatic carbocycles. The number of carbonyl (C=O) groups is 1. The van der Waals surface area contributed by atoms with Crippen molar-refractivity contribution >= 4 is 17.9 Å². The maximum Gasteiger partial charge on any atom is 0.138 e. The number of hydrogen-bond acceptors (Lipinski definition) is 2. The predicted molar refractivity (Wildman–Crippen MR) is 55.3 cm³/mol. The summed E-state index contributed by atoms with van der Waals surface area (Å²) >= 11 is 5.72. The first-order valence-corrected chi connectivity index (χ1v) is 4.70. The van der Waals surface area contributed by atoms with Crippen molar-refractivity contribution in [2.75, 3.05) is 0 Å². The van der Waals surface area contributed by atoms with Crippen molar-refractivity contribution < 1.29 is 4.79 Å². The van der Waals surface area contributed by atoms with E-state index in [-0.39, 0.29) is 0 Å². The summed E-state index contributed by atoms with van der Waals surface area (Å²) < 4.78 is 0. The van der Waals surface area contributed by atoms with Gasteiger partial charge in [-0.2, -0.15) is 5.26 Å². The van der Waals surface area contributed by atoms with Crippen molar-refractivity contribution in [1.29, 1.82) is 5.26 Å². The largest absolute Gasteiger partial charge is 0.302 e. The Morgan fingerprint density at radius 2 is 2.36 bits per heavy atom. The molecule has 0 aromatic heterocycles. The van der Waals surface area contributed by atoms with E-state index in [0.29, 0.717) is 18.3 Å². The van der Waals surface area contributed by atoms with Gasteiger partial charge in [0.25, 0.3) is 0 Å². The first-order chi connectivity index (χ1) is 6.67. The molecule has 0 bridgehead atoms. The molecule has 0 saturated heterocycles. The van der Waals surface area contributed by atoms with Crippen LogP contribution in [-0.4, -0.2) is 11.7 Å². The summed E-state index contributed by atoms with van der Waals surface area (Å²) in [5.74, 6) is 0. The quantitative estimate of drug-likeness (QED) is 0.563. The summed E-state index contributed by atoms with van der Waals surface area (Å²) in [6, 6.07) is 7.44. The second-order valence-corrected chi connectivity index (χ2v) is 3.67. The van der Waals surface area contributed by atoms with Gasteiger partial charge in [0, 0.05) is 0 Å². The summed E-state index contributed by atoms with van der Waals surface area (Å²) in [6.45, 7) is 1.94. The van der Waals surface area contributed by atoms with Crippen molar-refractivity contribution in [1.82, 2.24) is 0 Å². The van der Waals surface area contributed by atoms with Crippen LogP contribution in [0.15, 0.2) is 18.2 Å². The van der Waals surface area contributed by atoms with Gasteiger partial charge in [0.15, 0.2) is 0 Å². The lowest BCUT2D eigenvalue weighted by Gasteiger charge is -2.06. The molecule has 0 heterocycles. The topological polar surface area (TPSA) is 40.9 Å². The number of aryl methyl sites for hydroxylation is 1. The third kappa shape index (κ3) is 2.58. The third-order valence-electron chi connectivity index (χ3n) is 2.04. The van der Waals surface area contributed by atoms with Crippen LogP contribution in [0.5, 0.6) is 0 Å². The van der Waals surface area contributed by atoms with Crippen LogP contribution in [0.4, 0.5) is 0 Å². The summed E-state index contributed by atoms with van der Waals surface area (Å²) in [4.78, 5) is 10.4. The maximum atomic E-state index is 10.4. The van der Waals surface area contributed by atoms with E-state index < -0.39 is 5.38 Å². The SMILES string of the molecule is Cc1ccc(C#N)cc1CC(Cl)C=O.